The number of methoxy groups -OCH3 is 1. The van der Waals surface area contributed by atoms with E-state index < -0.39 is 16.0 Å². The van der Waals surface area contributed by atoms with Crippen LogP contribution in [0, 0.1) is 0 Å². The Bertz CT molecular complexity index is 563. The van der Waals surface area contributed by atoms with Crippen LogP contribution in [-0.4, -0.2) is 50.1 Å². The van der Waals surface area contributed by atoms with Crippen LogP contribution < -0.4 is 0 Å². The number of carboxylic acids is 1. The molecule has 1 aromatic rings. The predicted molar refractivity (Wildman–Crippen MR) is 81.4 cm³/mol. The van der Waals surface area contributed by atoms with Gasteiger partial charge in [-0.2, -0.15) is 4.31 Å². The molecule has 1 rings (SSSR count). The fourth-order valence-electron chi connectivity index (χ4n) is 2.16. The SMILES string of the molecule is CCC(CC)N(CCOC)S(=O)(=O)c1ccsc1C(=O)O. The molecule has 0 unspecified atom stereocenters. The van der Waals surface area contributed by atoms with Crippen LogP contribution in [0.2, 0.25) is 0 Å². The minimum atomic E-state index is -3.85. The molecule has 0 aromatic carbocycles. The summed E-state index contributed by atoms with van der Waals surface area (Å²) >= 11 is 0.916. The van der Waals surface area contributed by atoms with E-state index in [-0.39, 0.29) is 29.0 Å². The first kappa shape index (κ1) is 18.1. The lowest BCUT2D eigenvalue weighted by molar-refractivity contribution is 0.0698. The number of rotatable bonds is 9. The quantitative estimate of drug-likeness (QED) is 0.748. The van der Waals surface area contributed by atoms with E-state index in [9.17, 15) is 13.2 Å². The first-order valence-electron chi connectivity index (χ1n) is 6.71. The highest BCUT2D eigenvalue weighted by molar-refractivity contribution is 7.89. The van der Waals surface area contributed by atoms with E-state index in [2.05, 4.69) is 0 Å². The van der Waals surface area contributed by atoms with E-state index >= 15 is 0 Å². The van der Waals surface area contributed by atoms with Crippen LogP contribution in [0.1, 0.15) is 36.4 Å². The molecule has 21 heavy (non-hydrogen) atoms. The van der Waals surface area contributed by atoms with E-state index in [4.69, 9.17) is 9.84 Å². The fourth-order valence-corrected chi connectivity index (χ4v) is 5.15. The Balaban J connectivity index is 3.26. The smallest absolute Gasteiger partial charge is 0.347 e. The molecule has 0 fully saturated rings. The lowest BCUT2D eigenvalue weighted by atomic mass is 10.2. The Morgan fingerprint density at radius 2 is 2.05 bits per heavy atom. The Morgan fingerprint density at radius 3 is 2.52 bits per heavy atom. The maximum absolute atomic E-state index is 12.8. The zero-order valence-corrected chi connectivity index (χ0v) is 14.0. The topological polar surface area (TPSA) is 83.9 Å². The predicted octanol–water partition coefficient (Wildman–Crippen LogP) is 2.27. The molecule has 0 aliphatic heterocycles. The summed E-state index contributed by atoms with van der Waals surface area (Å²) in [7, 11) is -2.34. The largest absolute Gasteiger partial charge is 0.477 e. The monoisotopic (exact) mass is 335 g/mol. The summed E-state index contributed by atoms with van der Waals surface area (Å²) in [5.74, 6) is -1.22. The van der Waals surface area contributed by atoms with Gasteiger partial charge in [-0.05, 0) is 24.3 Å². The molecule has 0 saturated carbocycles. The van der Waals surface area contributed by atoms with Gasteiger partial charge in [0.05, 0.1) is 6.61 Å². The van der Waals surface area contributed by atoms with Crippen molar-refractivity contribution in [1.82, 2.24) is 4.31 Å². The Labute approximate surface area is 129 Å². The van der Waals surface area contributed by atoms with Gasteiger partial charge in [-0.25, -0.2) is 13.2 Å². The summed E-state index contributed by atoms with van der Waals surface area (Å²) in [5, 5.41) is 10.6. The van der Waals surface area contributed by atoms with Crippen molar-refractivity contribution in [3.8, 4) is 0 Å². The van der Waals surface area contributed by atoms with Crippen molar-refractivity contribution in [3.63, 3.8) is 0 Å². The zero-order valence-electron chi connectivity index (χ0n) is 12.4. The Kier molecular flexibility index (Phi) is 6.79. The first-order valence-corrected chi connectivity index (χ1v) is 9.03. The number of aromatic carboxylic acids is 1. The molecule has 1 aromatic heterocycles. The maximum Gasteiger partial charge on any atom is 0.347 e. The number of sulfonamides is 1. The molecule has 0 aliphatic carbocycles. The second kappa shape index (κ2) is 7.88. The summed E-state index contributed by atoms with van der Waals surface area (Å²) in [5.41, 5.74) is 0. The van der Waals surface area contributed by atoms with Crippen LogP contribution in [-0.2, 0) is 14.8 Å². The molecule has 120 valence electrons. The highest BCUT2D eigenvalue weighted by atomic mass is 32.2. The van der Waals surface area contributed by atoms with Crippen LogP contribution >= 0.6 is 11.3 Å². The molecule has 0 spiro atoms. The van der Waals surface area contributed by atoms with E-state index in [1.165, 1.54) is 22.9 Å². The van der Waals surface area contributed by atoms with Gasteiger partial charge in [-0.1, -0.05) is 13.8 Å². The summed E-state index contributed by atoms with van der Waals surface area (Å²) in [4.78, 5) is 10.9. The van der Waals surface area contributed by atoms with Crippen molar-refractivity contribution in [2.75, 3.05) is 20.3 Å². The number of thiophene rings is 1. The van der Waals surface area contributed by atoms with Crippen molar-refractivity contribution in [2.45, 2.75) is 37.6 Å². The zero-order chi connectivity index (χ0) is 16.0. The lowest BCUT2D eigenvalue weighted by Crippen LogP contribution is -2.42. The van der Waals surface area contributed by atoms with Gasteiger partial charge in [0.15, 0.2) is 0 Å². The number of nitrogens with zero attached hydrogens (tertiary/aromatic N) is 1. The van der Waals surface area contributed by atoms with Crippen molar-refractivity contribution in [3.05, 3.63) is 16.3 Å². The molecule has 8 heteroatoms. The van der Waals surface area contributed by atoms with Gasteiger partial charge in [0.2, 0.25) is 10.0 Å². The van der Waals surface area contributed by atoms with Gasteiger partial charge in [0.25, 0.3) is 0 Å². The summed E-state index contributed by atoms with van der Waals surface area (Å²) in [6, 6.07) is 1.18. The number of hydrogen-bond donors (Lipinski definition) is 1. The number of carboxylic acid groups (broad SMARTS) is 1. The van der Waals surface area contributed by atoms with Gasteiger partial charge in [-0.3, -0.25) is 0 Å². The average molecular weight is 335 g/mol. The summed E-state index contributed by atoms with van der Waals surface area (Å²) < 4.78 is 31.9. The van der Waals surface area contributed by atoms with E-state index in [0.29, 0.717) is 12.8 Å². The molecule has 0 atom stereocenters. The van der Waals surface area contributed by atoms with Crippen molar-refractivity contribution < 1.29 is 23.1 Å². The van der Waals surface area contributed by atoms with Gasteiger partial charge in [-0.15, -0.1) is 11.3 Å². The Hall–Kier alpha value is -0.960. The summed E-state index contributed by atoms with van der Waals surface area (Å²) in [6.45, 7) is 4.30. The molecule has 0 amide bonds. The number of ether oxygens (including phenoxy) is 1. The van der Waals surface area contributed by atoms with Crippen LogP contribution in [0.25, 0.3) is 0 Å². The Morgan fingerprint density at radius 1 is 1.43 bits per heavy atom. The normalized spacial score (nSPS) is 12.2. The fraction of sp³-hybridized carbons (Fsp3) is 0.615. The van der Waals surface area contributed by atoms with Crippen LogP contribution in [0.15, 0.2) is 16.3 Å². The highest BCUT2D eigenvalue weighted by Crippen LogP contribution is 2.27. The highest BCUT2D eigenvalue weighted by Gasteiger charge is 2.33. The third kappa shape index (κ3) is 4.03. The van der Waals surface area contributed by atoms with E-state index in [1.54, 1.807) is 0 Å². The second-order valence-electron chi connectivity index (χ2n) is 4.50. The molecular weight excluding hydrogens is 314 g/mol. The standard InChI is InChI=1S/C13H21NO5S2/c1-4-10(5-2)14(7-8-19-3)21(17,18)11-6-9-20-12(11)13(15)16/h6,9-10H,4-5,7-8H2,1-3H3,(H,15,16). The van der Waals surface area contributed by atoms with Gasteiger partial charge in [0.1, 0.15) is 9.77 Å². The molecule has 0 aliphatic rings. The molecule has 1 N–H and O–H groups in total. The van der Waals surface area contributed by atoms with Crippen LogP contribution in [0.5, 0.6) is 0 Å². The number of carbonyl (C=O) groups is 1. The van der Waals surface area contributed by atoms with Gasteiger partial charge >= 0.3 is 5.97 Å². The lowest BCUT2D eigenvalue weighted by Gasteiger charge is -2.29. The molecule has 0 radical (unpaired) electrons. The second-order valence-corrected chi connectivity index (χ2v) is 7.27. The molecule has 0 bridgehead atoms. The van der Waals surface area contributed by atoms with Crippen molar-refractivity contribution in [1.29, 1.82) is 0 Å². The molecule has 0 saturated heterocycles. The third-order valence-electron chi connectivity index (χ3n) is 3.28. The van der Waals surface area contributed by atoms with E-state index in [1.807, 2.05) is 13.8 Å². The summed E-state index contributed by atoms with van der Waals surface area (Å²) in [6.07, 6.45) is 1.32. The number of hydrogen-bond acceptors (Lipinski definition) is 5. The van der Waals surface area contributed by atoms with Crippen molar-refractivity contribution >= 4 is 27.3 Å². The van der Waals surface area contributed by atoms with Crippen molar-refractivity contribution in [2.24, 2.45) is 0 Å². The van der Waals surface area contributed by atoms with Gasteiger partial charge < -0.3 is 9.84 Å². The first-order chi connectivity index (χ1) is 9.89. The van der Waals surface area contributed by atoms with E-state index in [0.717, 1.165) is 11.3 Å². The average Bonchev–Trinajstić information content (AvgIpc) is 2.93. The molecule has 6 nitrogen and oxygen atoms in total. The minimum Gasteiger partial charge on any atom is -0.477 e. The molecular formula is C13H21NO5S2. The maximum atomic E-state index is 12.8. The minimum absolute atomic E-state index is 0.136. The van der Waals surface area contributed by atoms with Crippen LogP contribution in [0.3, 0.4) is 0 Å². The molecule has 1 heterocycles. The van der Waals surface area contributed by atoms with Crippen LogP contribution in [0.4, 0.5) is 0 Å². The third-order valence-corrected chi connectivity index (χ3v) is 6.30. The van der Waals surface area contributed by atoms with Gasteiger partial charge in [0, 0.05) is 19.7 Å².